The van der Waals surface area contributed by atoms with Crippen molar-refractivity contribution in [3.63, 3.8) is 0 Å². The number of hydrogen-bond donors (Lipinski definition) is 1. The monoisotopic (exact) mass is 296 g/mol. The standard InChI is InChI=1S/C15H8N2O5/c16-15(20)7-4-5-8-10(6-7)13(18)9-2-1-3-11(17(21)22)12(9)14(8)19/h1-6H,(H2,16,20). The van der Waals surface area contributed by atoms with Crippen LogP contribution < -0.4 is 5.73 Å². The van der Waals surface area contributed by atoms with Crippen molar-refractivity contribution in [1.29, 1.82) is 0 Å². The molecule has 0 aromatic heterocycles. The first-order valence-corrected chi connectivity index (χ1v) is 6.22. The molecule has 0 atom stereocenters. The minimum Gasteiger partial charge on any atom is -0.366 e. The predicted octanol–water partition coefficient (Wildman–Crippen LogP) is 1.47. The number of nitrogens with zero attached hydrogens (tertiary/aromatic N) is 1. The number of nitro benzene ring substituents is 1. The van der Waals surface area contributed by atoms with Gasteiger partial charge in [0.15, 0.2) is 5.78 Å². The number of fused-ring (bicyclic) bond motifs is 2. The van der Waals surface area contributed by atoms with Gasteiger partial charge < -0.3 is 5.73 Å². The fraction of sp³-hybridized carbons (Fsp3) is 0. The molecule has 0 saturated heterocycles. The van der Waals surface area contributed by atoms with Gasteiger partial charge in [-0.3, -0.25) is 24.5 Å². The van der Waals surface area contributed by atoms with Crippen molar-refractivity contribution in [3.05, 3.63) is 74.3 Å². The largest absolute Gasteiger partial charge is 0.366 e. The fourth-order valence-electron chi connectivity index (χ4n) is 2.48. The summed E-state index contributed by atoms with van der Waals surface area (Å²) < 4.78 is 0. The van der Waals surface area contributed by atoms with E-state index in [1.54, 1.807) is 0 Å². The number of hydrogen-bond acceptors (Lipinski definition) is 5. The Morgan fingerprint density at radius 2 is 1.73 bits per heavy atom. The number of amides is 1. The highest BCUT2D eigenvalue weighted by atomic mass is 16.6. The highest BCUT2D eigenvalue weighted by molar-refractivity contribution is 6.30. The van der Waals surface area contributed by atoms with Gasteiger partial charge in [-0.25, -0.2) is 0 Å². The summed E-state index contributed by atoms with van der Waals surface area (Å²) in [6.45, 7) is 0. The number of nitrogens with two attached hydrogens (primary N) is 1. The SMILES string of the molecule is NC(=O)c1ccc2c(c1)C(=O)c1cccc([N+](=O)[O-])c1C2=O. The number of ketones is 2. The van der Waals surface area contributed by atoms with Gasteiger partial charge in [-0.15, -0.1) is 0 Å². The van der Waals surface area contributed by atoms with E-state index < -0.39 is 28.1 Å². The second kappa shape index (κ2) is 4.59. The summed E-state index contributed by atoms with van der Waals surface area (Å²) in [4.78, 5) is 46.5. The summed E-state index contributed by atoms with van der Waals surface area (Å²) in [5, 5.41) is 11.1. The van der Waals surface area contributed by atoms with E-state index >= 15 is 0 Å². The van der Waals surface area contributed by atoms with E-state index in [2.05, 4.69) is 0 Å². The third-order valence-electron chi connectivity index (χ3n) is 3.50. The summed E-state index contributed by atoms with van der Waals surface area (Å²) in [5.41, 5.74) is 4.61. The first kappa shape index (κ1) is 13.6. The van der Waals surface area contributed by atoms with Gasteiger partial charge in [-0.2, -0.15) is 0 Å². The topological polar surface area (TPSA) is 120 Å². The Morgan fingerprint density at radius 1 is 1.00 bits per heavy atom. The van der Waals surface area contributed by atoms with E-state index in [0.717, 1.165) is 0 Å². The van der Waals surface area contributed by atoms with Gasteiger partial charge in [0, 0.05) is 28.3 Å². The van der Waals surface area contributed by atoms with Crippen molar-refractivity contribution in [3.8, 4) is 0 Å². The molecule has 2 aromatic rings. The van der Waals surface area contributed by atoms with E-state index in [0.29, 0.717) is 0 Å². The smallest absolute Gasteiger partial charge is 0.281 e. The maximum absolute atomic E-state index is 12.5. The van der Waals surface area contributed by atoms with E-state index in [1.807, 2.05) is 0 Å². The van der Waals surface area contributed by atoms with Gasteiger partial charge in [0.2, 0.25) is 11.7 Å². The molecule has 0 spiro atoms. The molecular weight excluding hydrogens is 288 g/mol. The lowest BCUT2D eigenvalue weighted by molar-refractivity contribution is -0.385. The zero-order valence-electron chi connectivity index (χ0n) is 11.0. The van der Waals surface area contributed by atoms with Crippen molar-refractivity contribution in [2.24, 2.45) is 5.73 Å². The third-order valence-corrected chi connectivity index (χ3v) is 3.50. The second-order valence-electron chi connectivity index (χ2n) is 4.74. The third kappa shape index (κ3) is 1.80. The quantitative estimate of drug-likeness (QED) is 0.567. The van der Waals surface area contributed by atoms with Crippen LogP contribution in [0.25, 0.3) is 0 Å². The Balaban J connectivity index is 2.30. The number of carbonyl (C=O) groups is 3. The van der Waals surface area contributed by atoms with Crippen LogP contribution in [0.4, 0.5) is 5.69 Å². The van der Waals surface area contributed by atoms with Gasteiger partial charge in [-0.1, -0.05) is 6.07 Å². The normalized spacial score (nSPS) is 12.5. The van der Waals surface area contributed by atoms with Crippen LogP contribution in [0.5, 0.6) is 0 Å². The first-order valence-electron chi connectivity index (χ1n) is 6.22. The first-order chi connectivity index (χ1) is 10.4. The molecular formula is C15H8N2O5. The second-order valence-corrected chi connectivity index (χ2v) is 4.74. The van der Waals surface area contributed by atoms with Crippen LogP contribution in [-0.4, -0.2) is 22.4 Å². The van der Waals surface area contributed by atoms with Crippen molar-refractivity contribution in [2.75, 3.05) is 0 Å². The minimum atomic E-state index is -0.729. The van der Waals surface area contributed by atoms with Crippen LogP contribution in [0.15, 0.2) is 36.4 Å². The van der Waals surface area contributed by atoms with E-state index in [1.165, 1.54) is 36.4 Å². The number of rotatable bonds is 2. The Bertz CT molecular complexity index is 881. The molecule has 3 rings (SSSR count). The zero-order chi connectivity index (χ0) is 16.0. The Hall–Kier alpha value is -3.35. The lowest BCUT2D eigenvalue weighted by Gasteiger charge is -2.17. The minimum absolute atomic E-state index is 0.0225. The van der Waals surface area contributed by atoms with Crippen LogP contribution >= 0.6 is 0 Å². The predicted molar refractivity (Wildman–Crippen MR) is 74.9 cm³/mol. The van der Waals surface area contributed by atoms with Gasteiger partial charge in [0.25, 0.3) is 5.69 Å². The maximum Gasteiger partial charge on any atom is 0.281 e. The van der Waals surface area contributed by atoms with E-state index in [-0.39, 0.29) is 27.8 Å². The highest BCUT2D eigenvalue weighted by Crippen LogP contribution is 2.33. The van der Waals surface area contributed by atoms with Crippen molar-refractivity contribution in [1.82, 2.24) is 0 Å². The summed E-state index contributed by atoms with van der Waals surface area (Å²) in [5.74, 6) is -1.89. The summed E-state index contributed by atoms with van der Waals surface area (Å²) in [6.07, 6.45) is 0. The number of carbonyl (C=O) groups excluding carboxylic acids is 3. The van der Waals surface area contributed by atoms with Gasteiger partial charge in [-0.05, 0) is 24.3 Å². The molecule has 0 saturated carbocycles. The lowest BCUT2D eigenvalue weighted by atomic mass is 9.82. The molecule has 1 aliphatic rings. The van der Waals surface area contributed by atoms with Crippen LogP contribution in [0, 0.1) is 10.1 Å². The van der Waals surface area contributed by atoms with Crippen LogP contribution in [0.2, 0.25) is 0 Å². The van der Waals surface area contributed by atoms with Gasteiger partial charge >= 0.3 is 0 Å². The Labute approximate surface area is 123 Å². The number of benzene rings is 2. The van der Waals surface area contributed by atoms with E-state index in [4.69, 9.17) is 5.73 Å². The molecule has 0 radical (unpaired) electrons. The summed E-state index contributed by atoms with van der Waals surface area (Å²) in [6, 6.07) is 7.70. The number of primary amides is 1. The van der Waals surface area contributed by atoms with E-state index in [9.17, 15) is 24.5 Å². The van der Waals surface area contributed by atoms with Crippen molar-refractivity contribution >= 4 is 23.2 Å². The van der Waals surface area contributed by atoms with Gasteiger partial charge in [0.05, 0.1) is 4.92 Å². The molecule has 108 valence electrons. The summed E-state index contributed by atoms with van der Waals surface area (Å²) >= 11 is 0. The Kier molecular flexibility index (Phi) is 2.84. The zero-order valence-corrected chi connectivity index (χ0v) is 11.0. The molecule has 2 N–H and O–H groups in total. The lowest BCUT2D eigenvalue weighted by Crippen LogP contribution is -2.23. The van der Waals surface area contributed by atoms with Gasteiger partial charge in [0.1, 0.15) is 5.56 Å². The maximum atomic E-state index is 12.5. The molecule has 0 fully saturated rings. The molecule has 1 aliphatic carbocycles. The van der Waals surface area contributed by atoms with Crippen LogP contribution in [-0.2, 0) is 0 Å². The van der Waals surface area contributed by atoms with Crippen LogP contribution in [0.1, 0.15) is 42.2 Å². The highest BCUT2D eigenvalue weighted by Gasteiger charge is 2.35. The van der Waals surface area contributed by atoms with Crippen molar-refractivity contribution in [2.45, 2.75) is 0 Å². The molecule has 0 aliphatic heterocycles. The molecule has 7 nitrogen and oxygen atoms in total. The average Bonchev–Trinajstić information content (AvgIpc) is 2.51. The molecule has 7 heteroatoms. The van der Waals surface area contributed by atoms with Crippen molar-refractivity contribution < 1.29 is 19.3 Å². The molecule has 0 bridgehead atoms. The summed E-state index contributed by atoms with van der Waals surface area (Å²) in [7, 11) is 0. The molecule has 1 amide bonds. The molecule has 2 aromatic carbocycles. The fourth-order valence-corrected chi connectivity index (χ4v) is 2.48. The molecule has 0 heterocycles. The Morgan fingerprint density at radius 3 is 2.36 bits per heavy atom. The van der Waals surface area contributed by atoms with Crippen LogP contribution in [0.3, 0.4) is 0 Å². The number of nitro groups is 1. The average molecular weight is 296 g/mol. The molecule has 22 heavy (non-hydrogen) atoms. The molecule has 0 unspecified atom stereocenters.